The Morgan fingerprint density at radius 3 is 2.53 bits per heavy atom. The zero-order chi connectivity index (χ0) is 11.6. The first-order valence-electron chi connectivity index (χ1n) is 6.93. The van der Waals surface area contributed by atoms with Gasteiger partial charge in [0.05, 0.1) is 0 Å². The van der Waals surface area contributed by atoms with E-state index < -0.39 is 0 Å². The molecule has 0 bridgehead atoms. The summed E-state index contributed by atoms with van der Waals surface area (Å²) in [4.78, 5) is 5.27. The number of thioether (sulfide) groups is 1. The van der Waals surface area contributed by atoms with Gasteiger partial charge in [0.15, 0.2) is 0 Å². The summed E-state index contributed by atoms with van der Waals surface area (Å²) in [5.74, 6) is 2.50. The summed E-state index contributed by atoms with van der Waals surface area (Å²) >= 11 is 2.06. The van der Waals surface area contributed by atoms with E-state index in [-0.39, 0.29) is 5.79 Å². The number of rotatable bonds is 2. The van der Waals surface area contributed by atoms with Gasteiger partial charge in [-0.05, 0) is 25.7 Å². The zero-order valence-corrected chi connectivity index (χ0v) is 11.3. The highest BCUT2D eigenvalue weighted by Gasteiger charge is 2.44. The van der Waals surface area contributed by atoms with Crippen LogP contribution in [-0.2, 0) is 0 Å². The highest BCUT2D eigenvalue weighted by Crippen LogP contribution is 2.32. The number of nitrogens with one attached hydrogen (secondary N) is 1. The predicted octanol–water partition coefficient (Wildman–Crippen LogP) is 1.04. The topological polar surface area (TPSA) is 32.6 Å². The minimum Gasteiger partial charge on any atom is -0.272 e. The Morgan fingerprint density at radius 2 is 1.88 bits per heavy atom. The van der Waals surface area contributed by atoms with Gasteiger partial charge in [-0.2, -0.15) is 5.43 Å². The monoisotopic (exact) mass is 255 g/mol. The Labute approximate surface area is 108 Å². The largest absolute Gasteiger partial charge is 0.272 e. The molecule has 97 valence electrons. The molecule has 0 spiro atoms. The fourth-order valence-corrected chi connectivity index (χ4v) is 4.31. The van der Waals surface area contributed by atoms with Gasteiger partial charge in [-0.15, -0.1) is 11.8 Å². The molecule has 0 aromatic rings. The van der Waals surface area contributed by atoms with Crippen LogP contribution in [0.1, 0.15) is 32.1 Å². The van der Waals surface area contributed by atoms with E-state index in [1.165, 1.54) is 63.4 Å². The van der Waals surface area contributed by atoms with Crippen molar-refractivity contribution in [3.63, 3.8) is 0 Å². The minimum atomic E-state index is 0.0577. The van der Waals surface area contributed by atoms with Crippen molar-refractivity contribution < 1.29 is 0 Å². The second-order valence-corrected chi connectivity index (χ2v) is 6.34. The maximum atomic E-state index is 4.51. The van der Waals surface area contributed by atoms with Crippen LogP contribution in [0.4, 0.5) is 0 Å². The van der Waals surface area contributed by atoms with Crippen molar-refractivity contribution in [2.75, 3.05) is 37.8 Å². The third-order valence-electron chi connectivity index (χ3n) is 4.21. The van der Waals surface area contributed by atoms with Gasteiger partial charge in [0.2, 0.25) is 0 Å². The SMILES string of the molecule is C1CCN(C2(N3CCSC3)CCC[N]N2)CC1. The van der Waals surface area contributed by atoms with Gasteiger partial charge in [0, 0.05) is 37.8 Å². The summed E-state index contributed by atoms with van der Waals surface area (Å²) in [6.45, 7) is 4.67. The van der Waals surface area contributed by atoms with Crippen molar-refractivity contribution in [2.24, 2.45) is 0 Å². The van der Waals surface area contributed by atoms with Crippen molar-refractivity contribution in [3.05, 3.63) is 0 Å². The van der Waals surface area contributed by atoms with Crippen LogP contribution in [0.2, 0.25) is 0 Å². The average Bonchev–Trinajstić information content (AvgIpc) is 2.95. The van der Waals surface area contributed by atoms with Crippen molar-refractivity contribution in [2.45, 2.75) is 37.9 Å². The summed E-state index contributed by atoms with van der Waals surface area (Å²) in [6, 6.07) is 0. The molecule has 1 atom stereocenters. The molecule has 0 aromatic heterocycles. The zero-order valence-electron chi connectivity index (χ0n) is 10.5. The molecule has 1 N–H and O–H groups in total. The molecule has 5 heteroatoms. The fourth-order valence-electron chi connectivity index (χ4n) is 3.27. The third kappa shape index (κ3) is 2.36. The molecule has 4 nitrogen and oxygen atoms in total. The highest BCUT2D eigenvalue weighted by molar-refractivity contribution is 7.99. The number of hydrogen-bond acceptors (Lipinski definition) is 4. The van der Waals surface area contributed by atoms with E-state index >= 15 is 0 Å². The lowest BCUT2D eigenvalue weighted by Gasteiger charge is -2.52. The van der Waals surface area contributed by atoms with Crippen LogP contribution in [0.3, 0.4) is 0 Å². The van der Waals surface area contributed by atoms with E-state index in [4.69, 9.17) is 0 Å². The van der Waals surface area contributed by atoms with Gasteiger partial charge in [0.25, 0.3) is 0 Å². The summed E-state index contributed by atoms with van der Waals surface area (Å²) in [6.07, 6.45) is 6.56. The van der Waals surface area contributed by atoms with Gasteiger partial charge in [-0.25, -0.2) is 5.43 Å². The lowest BCUT2D eigenvalue weighted by atomic mass is 10.0. The Kier molecular flexibility index (Phi) is 3.92. The molecule has 17 heavy (non-hydrogen) atoms. The van der Waals surface area contributed by atoms with Crippen LogP contribution in [0.25, 0.3) is 0 Å². The second kappa shape index (κ2) is 5.45. The van der Waals surface area contributed by atoms with Crippen LogP contribution in [0.5, 0.6) is 0 Å². The van der Waals surface area contributed by atoms with Gasteiger partial charge in [0.1, 0.15) is 5.79 Å². The molecule has 1 radical (unpaired) electrons. The Bertz CT molecular complexity index is 243. The van der Waals surface area contributed by atoms with E-state index in [0.29, 0.717) is 0 Å². The lowest BCUT2D eigenvalue weighted by Crippen LogP contribution is -2.72. The fraction of sp³-hybridized carbons (Fsp3) is 1.00. The Hall–Kier alpha value is 0.190. The first-order valence-corrected chi connectivity index (χ1v) is 8.09. The van der Waals surface area contributed by atoms with Crippen LogP contribution >= 0.6 is 11.8 Å². The van der Waals surface area contributed by atoms with E-state index in [1.807, 2.05) is 0 Å². The normalized spacial score (nSPS) is 37.4. The van der Waals surface area contributed by atoms with Crippen LogP contribution in [0, 0.1) is 0 Å². The second-order valence-electron chi connectivity index (χ2n) is 5.26. The maximum absolute atomic E-state index is 4.51. The predicted molar refractivity (Wildman–Crippen MR) is 71.6 cm³/mol. The molecule has 3 aliphatic rings. The third-order valence-corrected chi connectivity index (χ3v) is 5.17. The maximum Gasteiger partial charge on any atom is 0.143 e. The molecule has 3 saturated heterocycles. The molecule has 3 rings (SSSR count). The van der Waals surface area contributed by atoms with Crippen molar-refractivity contribution in [3.8, 4) is 0 Å². The summed E-state index contributed by atoms with van der Waals surface area (Å²) in [5.41, 5.74) is 8.02. The van der Waals surface area contributed by atoms with E-state index in [0.717, 1.165) is 6.54 Å². The first-order chi connectivity index (χ1) is 8.42. The quantitative estimate of drug-likeness (QED) is 0.799. The summed E-state index contributed by atoms with van der Waals surface area (Å²) in [5, 5.41) is 0. The highest BCUT2D eigenvalue weighted by atomic mass is 32.2. The molecule has 0 aromatic carbocycles. The number of hydrogen-bond donors (Lipinski definition) is 1. The lowest BCUT2D eigenvalue weighted by molar-refractivity contribution is -0.108. The first kappa shape index (κ1) is 12.2. The van der Waals surface area contributed by atoms with Gasteiger partial charge in [-0.3, -0.25) is 9.80 Å². The van der Waals surface area contributed by atoms with Crippen molar-refractivity contribution in [1.29, 1.82) is 0 Å². The molecule has 1 unspecified atom stereocenters. The molecule has 3 aliphatic heterocycles. The number of nitrogens with zero attached hydrogens (tertiary/aromatic N) is 3. The summed E-state index contributed by atoms with van der Waals surface area (Å²) in [7, 11) is 0. The average molecular weight is 255 g/mol. The molecule has 0 saturated carbocycles. The van der Waals surface area contributed by atoms with Crippen LogP contribution in [-0.4, -0.2) is 53.4 Å². The number of likely N-dealkylation sites (tertiary alicyclic amines) is 1. The molecular formula is C12H23N4S. The van der Waals surface area contributed by atoms with Crippen molar-refractivity contribution in [1.82, 2.24) is 20.7 Å². The molecular weight excluding hydrogens is 232 g/mol. The molecule has 0 aliphatic carbocycles. The van der Waals surface area contributed by atoms with Gasteiger partial charge in [-0.1, -0.05) is 6.42 Å². The minimum absolute atomic E-state index is 0.0577. The van der Waals surface area contributed by atoms with E-state index in [2.05, 4.69) is 32.4 Å². The molecule has 0 amide bonds. The Morgan fingerprint density at radius 1 is 1.00 bits per heavy atom. The smallest absolute Gasteiger partial charge is 0.143 e. The molecule has 3 heterocycles. The van der Waals surface area contributed by atoms with Gasteiger partial charge >= 0.3 is 0 Å². The van der Waals surface area contributed by atoms with Crippen LogP contribution < -0.4 is 10.9 Å². The van der Waals surface area contributed by atoms with Crippen LogP contribution in [0.15, 0.2) is 0 Å². The summed E-state index contributed by atoms with van der Waals surface area (Å²) < 4.78 is 0. The molecule has 3 fully saturated rings. The van der Waals surface area contributed by atoms with E-state index in [1.54, 1.807) is 0 Å². The van der Waals surface area contributed by atoms with Crippen molar-refractivity contribution >= 4 is 11.8 Å². The Balaban J connectivity index is 1.78. The van der Waals surface area contributed by atoms with E-state index in [9.17, 15) is 0 Å². The standard InChI is InChI=1S/C12H23N4S/c1-2-7-15(8-3-1)12(5-4-6-13-14-12)16-9-10-17-11-16/h14H,1-11H2. The number of piperidine rings is 1. The van der Waals surface area contributed by atoms with Gasteiger partial charge < -0.3 is 0 Å².